The Balaban J connectivity index is 1.82. The molecule has 1 fully saturated rings. The number of rotatable bonds is 3. The molecular formula is C14H21N3O2. The van der Waals surface area contributed by atoms with Gasteiger partial charge in [0.2, 0.25) is 0 Å². The van der Waals surface area contributed by atoms with Gasteiger partial charge in [0.15, 0.2) is 0 Å². The molecule has 0 aliphatic carbocycles. The summed E-state index contributed by atoms with van der Waals surface area (Å²) in [5.41, 5.74) is 6.74. The van der Waals surface area contributed by atoms with Gasteiger partial charge >= 0.3 is 0 Å². The highest BCUT2D eigenvalue weighted by Gasteiger charge is 2.34. The Labute approximate surface area is 112 Å². The van der Waals surface area contributed by atoms with Crippen LogP contribution in [0.3, 0.4) is 0 Å². The van der Waals surface area contributed by atoms with E-state index in [0.29, 0.717) is 24.9 Å². The van der Waals surface area contributed by atoms with Crippen molar-refractivity contribution < 1.29 is 5.11 Å². The highest BCUT2D eigenvalue weighted by molar-refractivity contribution is 5.16. The van der Waals surface area contributed by atoms with Crippen LogP contribution in [-0.4, -0.2) is 46.9 Å². The average Bonchev–Trinajstić information content (AvgIpc) is 2.40. The number of fused-ring (bicyclic) bond motifs is 4. The third kappa shape index (κ3) is 2.45. The second-order valence-electron chi connectivity index (χ2n) is 5.81. The molecule has 0 spiro atoms. The molecule has 0 unspecified atom stereocenters. The quantitative estimate of drug-likeness (QED) is 0.777. The van der Waals surface area contributed by atoms with E-state index >= 15 is 0 Å². The maximum absolute atomic E-state index is 11.9. The summed E-state index contributed by atoms with van der Waals surface area (Å²) in [6.07, 6.45) is 0.704. The Bertz CT molecular complexity index is 514. The van der Waals surface area contributed by atoms with Crippen molar-refractivity contribution in [3.05, 3.63) is 34.2 Å². The number of likely N-dealkylation sites (tertiary alicyclic amines) is 1. The predicted molar refractivity (Wildman–Crippen MR) is 73.1 cm³/mol. The normalized spacial score (nSPS) is 27.9. The van der Waals surface area contributed by atoms with Gasteiger partial charge in [0.25, 0.3) is 5.56 Å². The van der Waals surface area contributed by atoms with E-state index in [1.807, 2.05) is 10.6 Å². The van der Waals surface area contributed by atoms with Crippen molar-refractivity contribution in [1.82, 2.24) is 9.47 Å². The first kappa shape index (κ1) is 12.8. The minimum Gasteiger partial charge on any atom is -0.390 e. The van der Waals surface area contributed by atoms with E-state index in [1.54, 1.807) is 6.07 Å². The second-order valence-corrected chi connectivity index (χ2v) is 5.81. The van der Waals surface area contributed by atoms with Crippen LogP contribution in [0.15, 0.2) is 23.0 Å². The van der Waals surface area contributed by atoms with Crippen LogP contribution in [-0.2, 0) is 6.54 Å². The van der Waals surface area contributed by atoms with Crippen LogP contribution in [0, 0.1) is 5.92 Å². The number of hydrogen-bond acceptors (Lipinski definition) is 4. The van der Waals surface area contributed by atoms with Crippen LogP contribution in [0.2, 0.25) is 0 Å². The summed E-state index contributed by atoms with van der Waals surface area (Å²) in [6, 6.07) is 5.55. The van der Waals surface area contributed by atoms with E-state index in [0.717, 1.165) is 31.7 Å². The van der Waals surface area contributed by atoms with Crippen LogP contribution in [0.1, 0.15) is 18.0 Å². The van der Waals surface area contributed by atoms with Crippen LogP contribution in [0.5, 0.6) is 0 Å². The summed E-state index contributed by atoms with van der Waals surface area (Å²) in [6.45, 7) is 3.62. The number of aliphatic hydroxyl groups excluding tert-OH is 1. The van der Waals surface area contributed by atoms with Crippen molar-refractivity contribution in [2.24, 2.45) is 11.7 Å². The Morgan fingerprint density at radius 3 is 3.00 bits per heavy atom. The number of hydrogen-bond donors (Lipinski definition) is 2. The van der Waals surface area contributed by atoms with E-state index in [-0.39, 0.29) is 5.56 Å². The van der Waals surface area contributed by atoms with Gasteiger partial charge in [-0.25, -0.2) is 0 Å². The Morgan fingerprint density at radius 2 is 2.21 bits per heavy atom. The summed E-state index contributed by atoms with van der Waals surface area (Å²) in [5, 5.41) is 9.69. The maximum Gasteiger partial charge on any atom is 0.250 e. The van der Waals surface area contributed by atoms with Gasteiger partial charge in [0.05, 0.1) is 6.10 Å². The zero-order chi connectivity index (χ0) is 13.4. The maximum atomic E-state index is 11.9. The molecule has 0 radical (unpaired) electrons. The van der Waals surface area contributed by atoms with Gasteiger partial charge in [-0.05, 0) is 18.4 Å². The van der Waals surface area contributed by atoms with Crippen molar-refractivity contribution in [2.75, 3.05) is 26.2 Å². The first-order valence-electron chi connectivity index (χ1n) is 6.97. The Morgan fingerprint density at radius 1 is 1.37 bits per heavy atom. The topological polar surface area (TPSA) is 71.5 Å². The molecule has 5 heteroatoms. The highest BCUT2D eigenvalue weighted by Crippen LogP contribution is 2.34. The molecule has 0 saturated carbocycles. The molecule has 5 nitrogen and oxygen atoms in total. The first-order valence-corrected chi connectivity index (χ1v) is 6.97. The van der Waals surface area contributed by atoms with Gasteiger partial charge in [0, 0.05) is 50.4 Å². The summed E-state index contributed by atoms with van der Waals surface area (Å²) in [4.78, 5) is 14.2. The molecule has 0 amide bonds. The van der Waals surface area contributed by atoms with Gasteiger partial charge in [0.1, 0.15) is 0 Å². The molecular weight excluding hydrogens is 242 g/mol. The number of aliphatic hydroxyl groups is 1. The minimum absolute atomic E-state index is 0.114. The fourth-order valence-corrected chi connectivity index (χ4v) is 3.52. The Hall–Kier alpha value is -1.17. The smallest absolute Gasteiger partial charge is 0.250 e. The molecule has 3 N–H and O–H groups in total. The van der Waals surface area contributed by atoms with Crippen molar-refractivity contribution in [2.45, 2.75) is 25.0 Å². The van der Waals surface area contributed by atoms with Gasteiger partial charge < -0.3 is 15.4 Å². The molecule has 2 aliphatic heterocycles. The third-order valence-corrected chi connectivity index (χ3v) is 4.30. The van der Waals surface area contributed by atoms with Gasteiger partial charge in [-0.15, -0.1) is 0 Å². The molecule has 1 aromatic rings. The summed E-state index contributed by atoms with van der Waals surface area (Å²) >= 11 is 0. The standard InChI is InChI=1S/C14H21N3O2/c15-5-12(18)9-16-6-10-4-11(8-16)13-2-1-3-14(19)17(13)7-10/h1-3,10-12,18H,4-9,15H2/t10-,11+,12-/m0/s1. The lowest BCUT2D eigenvalue weighted by atomic mass is 9.83. The number of β-amino-alcohol motifs (C(OH)–C–C–N with tert-alkyl or cyclic N) is 1. The zero-order valence-electron chi connectivity index (χ0n) is 11.0. The lowest BCUT2D eigenvalue weighted by Crippen LogP contribution is -2.49. The van der Waals surface area contributed by atoms with Crippen molar-refractivity contribution in [3.63, 3.8) is 0 Å². The van der Waals surface area contributed by atoms with Crippen molar-refractivity contribution in [3.8, 4) is 0 Å². The van der Waals surface area contributed by atoms with Crippen LogP contribution in [0.4, 0.5) is 0 Å². The van der Waals surface area contributed by atoms with Crippen LogP contribution < -0.4 is 11.3 Å². The number of pyridine rings is 1. The van der Waals surface area contributed by atoms with E-state index in [4.69, 9.17) is 5.73 Å². The van der Waals surface area contributed by atoms with Gasteiger partial charge in [-0.2, -0.15) is 0 Å². The molecule has 3 heterocycles. The largest absolute Gasteiger partial charge is 0.390 e. The molecule has 3 rings (SSSR count). The predicted octanol–water partition coefficient (Wildman–Crippen LogP) is -0.413. The van der Waals surface area contributed by atoms with Gasteiger partial charge in [-0.1, -0.05) is 6.07 Å². The molecule has 0 aromatic carbocycles. The summed E-state index contributed by atoms with van der Waals surface area (Å²) in [7, 11) is 0. The van der Waals surface area contributed by atoms with Crippen molar-refractivity contribution in [1.29, 1.82) is 0 Å². The SMILES string of the molecule is NC[C@H](O)CN1C[C@@H]2C[C@H](C1)c1cccc(=O)n1C2. The van der Waals surface area contributed by atoms with E-state index in [2.05, 4.69) is 11.0 Å². The van der Waals surface area contributed by atoms with Crippen molar-refractivity contribution >= 4 is 0 Å². The summed E-state index contributed by atoms with van der Waals surface area (Å²) in [5.74, 6) is 0.919. The van der Waals surface area contributed by atoms with E-state index in [1.165, 1.54) is 0 Å². The monoisotopic (exact) mass is 263 g/mol. The molecule has 3 atom stereocenters. The number of piperidine rings is 1. The van der Waals surface area contributed by atoms with Crippen LogP contribution in [0.25, 0.3) is 0 Å². The average molecular weight is 263 g/mol. The fourth-order valence-electron chi connectivity index (χ4n) is 3.52. The molecule has 1 aromatic heterocycles. The fraction of sp³-hybridized carbons (Fsp3) is 0.643. The molecule has 19 heavy (non-hydrogen) atoms. The molecule has 104 valence electrons. The lowest BCUT2D eigenvalue weighted by molar-refractivity contribution is 0.0659. The number of nitrogens with two attached hydrogens (primary N) is 1. The first-order chi connectivity index (χ1) is 9.17. The van der Waals surface area contributed by atoms with E-state index in [9.17, 15) is 9.90 Å². The second kappa shape index (κ2) is 5.07. The van der Waals surface area contributed by atoms with E-state index < -0.39 is 6.10 Å². The Kier molecular flexibility index (Phi) is 3.43. The summed E-state index contributed by atoms with van der Waals surface area (Å²) < 4.78 is 1.93. The van der Waals surface area contributed by atoms with Crippen LogP contribution >= 0.6 is 0 Å². The zero-order valence-corrected chi connectivity index (χ0v) is 11.0. The highest BCUT2D eigenvalue weighted by atomic mass is 16.3. The number of aromatic nitrogens is 1. The molecule has 1 saturated heterocycles. The van der Waals surface area contributed by atoms with Gasteiger partial charge in [-0.3, -0.25) is 9.69 Å². The molecule has 2 aliphatic rings. The number of nitrogens with zero attached hydrogens (tertiary/aromatic N) is 2. The third-order valence-electron chi connectivity index (χ3n) is 4.30. The molecule has 2 bridgehead atoms. The lowest BCUT2D eigenvalue weighted by Gasteiger charge is -2.43. The minimum atomic E-state index is -0.447.